The number of nitrogens with two attached hydrogens (primary N) is 1. The van der Waals surface area contributed by atoms with E-state index in [0.29, 0.717) is 26.0 Å². The molecule has 0 aliphatic rings. The average Bonchev–Trinajstić information content (AvgIpc) is 3.42. The van der Waals surface area contributed by atoms with Gasteiger partial charge < -0.3 is 5.73 Å². The van der Waals surface area contributed by atoms with Gasteiger partial charge in [0.05, 0.1) is 16.3 Å². The summed E-state index contributed by atoms with van der Waals surface area (Å²) in [6.07, 6.45) is 0. The molecule has 0 bridgehead atoms. The Kier molecular flexibility index (Phi) is 4.65. The molecule has 0 amide bonds. The zero-order chi connectivity index (χ0) is 20.7. The summed E-state index contributed by atoms with van der Waals surface area (Å²) in [5.41, 5.74) is 10.3. The quantitative estimate of drug-likeness (QED) is 0.325. The van der Waals surface area contributed by atoms with E-state index in [2.05, 4.69) is 0 Å². The van der Waals surface area contributed by atoms with E-state index in [1.807, 2.05) is 47.8 Å². The van der Waals surface area contributed by atoms with Crippen molar-refractivity contribution in [1.29, 1.82) is 0 Å². The maximum absolute atomic E-state index is 13.4. The van der Waals surface area contributed by atoms with Crippen LogP contribution in [-0.4, -0.2) is 10.8 Å². The molecule has 146 valence electrons. The maximum Gasteiger partial charge on any atom is 0.215 e. The highest BCUT2D eigenvalue weighted by Gasteiger charge is 2.23. The summed E-state index contributed by atoms with van der Waals surface area (Å²) in [4.78, 5) is 19.6. The van der Waals surface area contributed by atoms with E-state index in [-0.39, 0.29) is 11.6 Å². The Balaban J connectivity index is 1.77. The van der Waals surface area contributed by atoms with Crippen molar-refractivity contribution in [1.82, 2.24) is 4.98 Å². The van der Waals surface area contributed by atoms with E-state index in [4.69, 9.17) is 10.7 Å². The second-order valence-electron chi connectivity index (χ2n) is 6.76. The Labute approximate surface area is 180 Å². The van der Waals surface area contributed by atoms with Crippen molar-refractivity contribution in [2.24, 2.45) is 0 Å². The largest absolute Gasteiger partial charge is 0.397 e. The molecule has 0 spiro atoms. The molecule has 0 saturated carbocycles. The van der Waals surface area contributed by atoms with Crippen molar-refractivity contribution in [2.45, 2.75) is 0 Å². The van der Waals surface area contributed by atoms with E-state index < -0.39 is 0 Å². The number of ketones is 1. The molecular formula is C24H15FN2OS2. The number of anilines is 1. The third-order valence-corrected chi connectivity index (χ3v) is 6.84. The molecule has 0 atom stereocenters. The second kappa shape index (κ2) is 7.48. The van der Waals surface area contributed by atoms with Crippen LogP contribution in [0.5, 0.6) is 0 Å². The zero-order valence-electron chi connectivity index (χ0n) is 15.6. The predicted octanol–water partition coefficient (Wildman–Crippen LogP) is 6.64. The van der Waals surface area contributed by atoms with Crippen molar-refractivity contribution in [3.63, 3.8) is 0 Å². The molecule has 0 saturated heterocycles. The minimum absolute atomic E-state index is 0.0900. The Morgan fingerprint density at radius 3 is 2.40 bits per heavy atom. The lowest BCUT2D eigenvalue weighted by molar-refractivity contribution is 0.104. The lowest BCUT2D eigenvalue weighted by Crippen LogP contribution is -1.99. The molecule has 2 aromatic carbocycles. The average molecular weight is 431 g/mol. The fraction of sp³-hybridized carbons (Fsp3) is 0. The van der Waals surface area contributed by atoms with Crippen LogP contribution in [0.1, 0.15) is 14.5 Å². The monoisotopic (exact) mass is 430 g/mol. The molecule has 6 heteroatoms. The first-order valence-corrected chi connectivity index (χ1v) is 10.9. The highest BCUT2D eigenvalue weighted by atomic mass is 32.1. The van der Waals surface area contributed by atoms with Gasteiger partial charge in [0, 0.05) is 10.9 Å². The summed E-state index contributed by atoms with van der Waals surface area (Å²) >= 11 is 2.69. The summed E-state index contributed by atoms with van der Waals surface area (Å²) in [6.45, 7) is 0. The number of nitrogens with zero attached hydrogens (tertiary/aromatic N) is 1. The van der Waals surface area contributed by atoms with Crippen LogP contribution in [0.4, 0.5) is 10.1 Å². The normalized spacial score (nSPS) is 11.1. The van der Waals surface area contributed by atoms with Crippen LogP contribution in [0.3, 0.4) is 0 Å². The molecule has 0 aliphatic heterocycles. The molecule has 0 radical (unpaired) electrons. The number of hydrogen-bond donors (Lipinski definition) is 1. The number of thiophene rings is 2. The maximum atomic E-state index is 13.4. The van der Waals surface area contributed by atoms with Crippen molar-refractivity contribution < 1.29 is 9.18 Å². The molecule has 0 unspecified atom stereocenters. The van der Waals surface area contributed by atoms with Gasteiger partial charge in [0.1, 0.15) is 15.5 Å². The SMILES string of the molecule is Nc1c(C(=O)c2cccs2)sc2nc(-c3ccc(F)cc3)cc(-c3ccccc3)c12. The zero-order valence-corrected chi connectivity index (χ0v) is 17.3. The topological polar surface area (TPSA) is 56.0 Å². The molecule has 2 N–H and O–H groups in total. The number of benzene rings is 2. The third kappa shape index (κ3) is 3.20. The van der Waals surface area contributed by atoms with Crippen LogP contribution in [-0.2, 0) is 0 Å². The van der Waals surface area contributed by atoms with Crippen LogP contribution in [0.15, 0.2) is 78.2 Å². The minimum Gasteiger partial charge on any atom is -0.397 e. The third-order valence-electron chi connectivity index (χ3n) is 4.87. The molecule has 3 aromatic heterocycles. The van der Waals surface area contributed by atoms with E-state index in [9.17, 15) is 9.18 Å². The Hall–Kier alpha value is -3.35. The molecule has 3 nitrogen and oxygen atoms in total. The number of hydrogen-bond acceptors (Lipinski definition) is 5. The van der Waals surface area contributed by atoms with Crippen LogP contribution >= 0.6 is 22.7 Å². The summed E-state index contributed by atoms with van der Waals surface area (Å²) < 4.78 is 13.4. The van der Waals surface area contributed by atoms with Crippen molar-refractivity contribution in [2.75, 3.05) is 5.73 Å². The van der Waals surface area contributed by atoms with Gasteiger partial charge in [0.2, 0.25) is 5.78 Å². The van der Waals surface area contributed by atoms with E-state index in [1.54, 1.807) is 18.2 Å². The van der Waals surface area contributed by atoms with Crippen LogP contribution in [0.25, 0.3) is 32.6 Å². The fourth-order valence-electron chi connectivity index (χ4n) is 3.42. The predicted molar refractivity (Wildman–Crippen MR) is 123 cm³/mol. The van der Waals surface area contributed by atoms with Crippen molar-refractivity contribution in [3.05, 3.63) is 93.7 Å². The number of rotatable bonds is 4. The van der Waals surface area contributed by atoms with Crippen LogP contribution in [0, 0.1) is 5.82 Å². The molecule has 5 aromatic rings. The number of carbonyl (C=O) groups is 1. The van der Waals surface area contributed by atoms with Crippen molar-refractivity contribution in [3.8, 4) is 22.4 Å². The van der Waals surface area contributed by atoms with Gasteiger partial charge in [0.15, 0.2) is 0 Å². The molecule has 5 rings (SSSR count). The van der Waals surface area contributed by atoms with Gasteiger partial charge in [-0.05, 0) is 52.9 Å². The number of nitrogen functional groups attached to an aromatic ring is 1. The summed E-state index contributed by atoms with van der Waals surface area (Å²) in [5, 5.41) is 2.65. The Bertz CT molecular complexity index is 1360. The van der Waals surface area contributed by atoms with Crippen molar-refractivity contribution >= 4 is 44.4 Å². The molecule has 0 aliphatic carbocycles. The Morgan fingerprint density at radius 1 is 0.933 bits per heavy atom. The number of carbonyl (C=O) groups excluding carboxylic acids is 1. The first kappa shape index (κ1) is 18.7. The summed E-state index contributed by atoms with van der Waals surface area (Å²) in [7, 11) is 0. The van der Waals surface area contributed by atoms with Crippen LogP contribution in [0.2, 0.25) is 0 Å². The smallest absolute Gasteiger partial charge is 0.215 e. The van der Waals surface area contributed by atoms with Gasteiger partial charge in [0.25, 0.3) is 0 Å². The van der Waals surface area contributed by atoms with E-state index in [0.717, 1.165) is 22.1 Å². The lowest BCUT2D eigenvalue weighted by Gasteiger charge is -2.09. The molecule has 3 heterocycles. The number of pyridine rings is 1. The van der Waals surface area contributed by atoms with Gasteiger partial charge in [-0.15, -0.1) is 22.7 Å². The molecule has 30 heavy (non-hydrogen) atoms. The first-order valence-electron chi connectivity index (χ1n) is 9.24. The fourth-order valence-corrected chi connectivity index (χ4v) is 5.23. The number of fused-ring (bicyclic) bond motifs is 1. The van der Waals surface area contributed by atoms with Gasteiger partial charge in [-0.25, -0.2) is 9.37 Å². The first-order chi connectivity index (χ1) is 14.6. The highest BCUT2D eigenvalue weighted by Crippen LogP contribution is 2.42. The van der Waals surface area contributed by atoms with E-state index in [1.165, 1.54) is 34.8 Å². The summed E-state index contributed by atoms with van der Waals surface area (Å²) in [5.74, 6) is -0.389. The number of halogens is 1. The van der Waals surface area contributed by atoms with Gasteiger partial charge in [-0.2, -0.15) is 0 Å². The number of aromatic nitrogens is 1. The standard InChI is InChI=1S/C24H15FN2OS2/c25-16-10-8-15(9-11-16)18-13-17(14-5-2-1-3-6-14)20-21(26)23(30-24(20)27-18)22(28)19-7-4-12-29-19/h1-13H,26H2. The second-order valence-corrected chi connectivity index (χ2v) is 8.71. The van der Waals surface area contributed by atoms with Gasteiger partial charge in [-0.1, -0.05) is 36.4 Å². The molecular weight excluding hydrogens is 415 g/mol. The highest BCUT2D eigenvalue weighted by molar-refractivity contribution is 7.22. The molecule has 0 fully saturated rings. The van der Waals surface area contributed by atoms with E-state index >= 15 is 0 Å². The van der Waals surface area contributed by atoms with Gasteiger partial charge >= 0.3 is 0 Å². The van der Waals surface area contributed by atoms with Crippen LogP contribution < -0.4 is 5.73 Å². The summed E-state index contributed by atoms with van der Waals surface area (Å²) in [6, 6.07) is 21.7. The van der Waals surface area contributed by atoms with Gasteiger partial charge in [-0.3, -0.25) is 4.79 Å². The Morgan fingerprint density at radius 2 is 1.70 bits per heavy atom. The minimum atomic E-state index is -0.299. The lowest BCUT2D eigenvalue weighted by atomic mass is 9.99.